The smallest absolute Gasteiger partial charge is 0.0701 e. The predicted octanol–water partition coefficient (Wildman–Crippen LogP) is 3.43. The number of rotatable bonds is 5. The number of nitrogen functional groups attached to an aromatic ring is 1. The number of nitrogens with one attached hydrogen (secondary N) is 1. The number of nitrogens with two attached hydrogens (primary N) is 1. The van der Waals surface area contributed by atoms with Gasteiger partial charge in [-0.25, -0.2) is 0 Å². The lowest BCUT2D eigenvalue weighted by molar-refractivity contribution is 0.691. The van der Waals surface area contributed by atoms with Crippen molar-refractivity contribution in [2.45, 2.75) is 13.0 Å². The van der Waals surface area contributed by atoms with E-state index in [2.05, 4.69) is 39.4 Å². The molecule has 0 aliphatic carbocycles. The molecule has 90 valence electrons. The van der Waals surface area contributed by atoms with E-state index < -0.39 is 0 Å². The zero-order valence-corrected chi connectivity index (χ0v) is 11.9. The molecule has 2 rings (SSSR count). The van der Waals surface area contributed by atoms with Gasteiger partial charge in [-0.15, -0.1) is 11.3 Å². The Bertz CT molecular complexity index is 482. The maximum atomic E-state index is 5.73. The van der Waals surface area contributed by atoms with E-state index in [0.717, 1.165) is 25.2 Å². The predicted molar refractivity (Wildman–Crippen MR) is 78.3 cm³/mol. The largest absolute Gasteiger partial charge is 0.399 e. The molecule has 0 fully saturated rings. The fourth-order valence-corrected chi connectivity index (χ4v) is 3.12. The second-order valence-electron chi connectivity index (χ2n) is 3.88. The second-order valence-corrected chi connectivity index (χ2v) is 6.43. The Kier molecular flexibility index (Phi) is 4.59. The summed E-state index contributed by atoms with van der Waals surface area (Å²) in [4.78, 5) is 1.40. The van der Waals surface area contributed by atoms with Gasteiger partial charge in [-0.2, -0.15) is 0 Å². The molecule has 0 bridgehead atoms. The van der Waals surface area contributed by atoms with Gasteiger partial charge in [0.1, 0.15) is 0 Å². The van der Waals surface area contributed by atoms with Gasteiger partial charge in [0.2, 0.25) is 0 Å². The molecule has 0 radical (unpaired) electrons. The number of halogens is 1. The van der Waals surface area contributed by atoms with Crippen LogP contribution in [0.15, 0.2) is 40.2 Å². The standard InChI is InChI=1S/C13H15BrN2S/c14-13-5-4-12(17-13)6-7-16-9-10-2-1-3-11(15)8-10/h1-5,8,16H,6-7,9,15H2. The highest BCUT2D eigenvalue weighted by molar-refractivity contribution is 9.11. The molecule has 1 heterocycles. The zero-order valence-electron chi connectivity index (χ0n) is 9.45. The molecule has 1 aromatic heterocycles. The third kappa shape index (κ3) is 4.15. The first kappa shape index (κ1) is 12.6. The van der Waals surface area contributed by atoms with Crippen molar-refractivity contribution in [1.29, 1.82) is 0 Å². The summed E-state index contributed by atoms with van der Waals surface area (Å²) in [6.45, 7) is 1.86. The van der Waals surface area contributed by atoms with Crippen molar-refractivity contribution in [2.75, 3.05) is 12.3 Å². The molecule has 2 aromatic rings. The highest BCUT2D eigenvalue weighted by atomic mass is 79.9. The molecule has 0 saturated heterocycles. The van der Waals surface area contributed by atoms with Gasteiger partial charge in [0.05, 0.1) is 3.79 Å². The van der Waals surface area contributed by atoms with Crippen LogP contribution >= 0.6 is 27.3 Å². The Labute approximate surface area is 114 Å². The summed E-state index contributed by atoms with van der Waals surface area (Å²) < 4.78 is 1.20. The first-order chi connectivity index (χ1) is 8.24. The molecule has 0 amide bonds. The Morgan fingerprint density at radius 3 is 2.82 bits per heavy atom. The normalized spacial score (nSPS) is 10.6. The molecule has 17 heavy (non-hydrogen) atoms. The van der Waals surface area contributed by atoms with Crippen LogP contribution in [0, 0.1) is 0 Å². The molecule has 3 N–H and O–H groups in total. The Morgan fingerprint density at radius 2 is 2.12 bits per heavy atom. The number of hydrogen-bond acceptors (Lipinski definition) is 3. The van der Waals surface area contributed by atoms with Crippen LogP contribution in [-0.4, -0.2) is 6.54 Å². The minimum atomic E-state index is 0.825. The van der Waals surface area contributed by atoms with Crippen LogP contribution in [0.2, 0.25) is 0 Å². The highest BCUT2D eigenvalue weighted by Gasteiger charge is 1.98. The highest BCUT2D eigenvalue weighted by Crippen LogP contribution is 2.22. The number of anilines is 1. The number of benzene rings is 1. The van der Waals surface area contributed by atoms with E-state index in [-0.39, 0.29) is 0 Å². The molecule has 0 spiro atoms. The van der Waals surface area contributed by atoms with Gasteiger partial charge >= 0.3 is 0 Å². The van der Waals surface area contributed by atoms with Crippen LogP contribution in [0.5, 0.6) is 0 Å². The zero-order chi connectivity index (χ0) is 12.1. The van der Waals surface area contributed by atoms with E-state index in [4.69, 9.17) is 5.73 Å². The van der Waals surface area contributed by atoms with Crippen LogP contribution in [0.3, 0.4) is 0 Å². The van der Waals surface area contributed by atoms with Crippen molar-refractivity contribution >= 4 is 33.0 Å². The van der Waals surface area contributed by atoms with Gasteiger partial charge in [0.25, 0.3) is 0 Å². The SMILES string of the molecule is Nc1cccc(CNCCc2ccc(Br)s2)c1. The van der Waals surface area contributed by atoms with Crippen molar-refractivity contribution in [3.05, 3.63) is 50.6 Å². The van der Waals surface area contributed by atoms with E-state index in [1.165, 1.54) is 14.2 Å². The summed E-state index contributed by atoms with van der Waals surface area (Å²) in [5.41, 5.74) is 7.78. The first-order valence-electron chi connectivity index (χ1n) is 5.53. The summed E-state index contributed by atoms with van der Waals surface area (Å²) in [6.07, 6.45) is 1.07. The molecular formula is C13H15BrN2S. The van der Waals surface area contributed by atoms with Crippen LogP contribution in [0.1, 0.15) is 10.4 Å². The maximum Gasteiger partial charge on any atom is 0.0701 e. The molecule has 0 unspecified atom stereocenters. The van der Waals surface area contributed by atoms with Crippen LogP contribution < -0.4 is 11.1 Å². The van der Waals surface area contributed by atoms with Crippen molar-refractivity contribution in [1.82, 2.24) is 5.32 Å². The average molecular weight is 311 g/mol. The van der Waals surface area contributed by atoms with E-state index in [1.54, 1.807) is 11.3 Å². The van der Waals surface area contributed by atoms with E-state index in [0.29, 0.717) is 0 Å². The molecule has 0 atom stereocenters. The summed E-state index contributed by atoms with van der Waals surface area (Å²) >= 11 is 5.26. The van der Waals surface area contributed by atoms with Gasteiger partial charge in [-0.1, -0.05) is 12.1 Å². The lowest BCUT2D eigenvalue weighted by Crippen LogP contribution is -2.16. The topological polar surface area (TPSA) is 38.0 Å². The van der Waals surface area contributed by atoms with Crippen LogP contribution in [-0.2, 0) is 13.0 Å². The van der Waals surface area contributed by atoms with Gasteiger partial charge in [0.15, 0.2) is 0 Å². The Hall–Kier alpha value is -0.840. The van der Waals surface area contributed by atoms with Crippen molar-refractivity contribution in [3.63, 3.8) is 0 Å². The molecule has 0 aliphatic rings. The van der Waals surface area contributed by atoms with Gasteiger partial charge in [-0.3, -0.25) is 0 Å². The average Bonchev–Trinajstić information content (AvgIpc) is 2.71. The second kappa shape index (κ2) is 6.19. The Morgan fingerprint density at radius 1 is 1.24 bits per heavy atom. The van der Waals surface area contributed by atoms with Crippen LogP contribution in [0.25, 0.3) is 0 Å². The minimum Gasteiger partial charge on any atom is -0.399 e. The molecular weight excluding hydrogens is 296 g/mol. The van der Waals surface area contributed by atoms with Crippen LogP contribution in [0.4, 0.5) is 5.69 Å². The first-order valence-corrected chi connectivity index (χ1v) is 7.14. The molecule has 1 aromatic carbocycles. The van der Waals surface area contributed by atoms with E-state index in [9.17, 15) is 0 Å². The number of hydrogen-bond donors (Lipinski definition) is 2. The molecule has 0 saturated carbocycles. The quantitative estimate of drug-likeness (QED) is 0.656. The summed E-state index contributed by atoms with van der Waals surface area (Å²) in [5, 5.41) is 3.42. The summed E-state index contributed by atoms with van der Waals surface area (Å²) in [5.74, 6) is 0. The fraction of sp³-hybridized carbons (Fsp3) is 0.231. The summed E-state index contributed by atoms with van der Waals surface area (Å²) in [6, 6.07) is 12.3. The number of thiophene rings is 1. The van der Waals surface area contributed by atoms with E-state index in [1.807, 2.05) is 18.2 Å². The van der Waals surface area contributed by atoms with Crippen molar-refractivity contribution in [2.24, 2.45) is 0 Å². The van der Waals surface area contributed by atoms with Gasteiger partial charge in [-0.05, 0) is 52.2 Å². The third-order valence-electron chi connectivity index (χ3n) is 2.46. The lowest BCUT2D eigenvalue weighted by Gasteiger charge is -2.04. The summed E-state index contributed by atoms with van der Waals surface area (Å²) in [7, 11) is 0. The van der Waals surface area contributed by atoms with Crippen molar-refractivity contribution < 1.29 is 0 Å². The van der Waals surface area contributed by atoms with Gasteiger partial charge < -0.3 is 11.1 Å². The molecule has 2 nitrogen and oxygen atoms in total. The Balaban J connectivity index is 1.73. The third-order valence-corrected chi connectivity index (χ3v) is 4.14. The van der Waals surface area contributed by atoms with Gasteiger partial charge in [0, 0.05) is 23.7 Å². The lowest BCUT2D eigenvalue weighted by atomic mass is 10.2. The fourth-order valence-electron chi connectivity index (χ4n) is 1.63. The van der Waals surface area contributed by atoms with E-state index >= 15 is 0 Å². The minimum absolute atomic E-state index is 0.825. The monoisotopic (exact) mass is 310 g/mol. The molecule has 4 heteroatoms. The molecule has 0 aliphatic heterocycles. The van der Waals surface area contributed by atoms with Crippen molar-refractivity contribution in [3.8, 4) is 0 Å². The maximum absolute atomic E-state index is 5.73.